The van der Waals surface area contributed by atoms with Crippen molar-refractivity contribution in [2.75, 3.05) is 18.0 Å². The first-order chi connectivity index (χ1) is 6.42. The molecule has 1 aliphatic rings. The number of aromatic nitrogens is 2. The van der Waals surface area contributed by atoms with Gasteiger partial charge in [-0.25, -0.2) is 4.98 Å². The monoisotopic (exact) mass is 177 g/mol. The minimum absolute atomic E-state index is 0.853. The van der Waals surface area contributed by atoms with Crippen LogP contribution in [0.4, 0.5) is 5.95 Å². The van der Waals surface area contributed by atoms with Gasteiger partial charge in [0.2, 0.25) is 5.95 Å². The fraction of sp³-hybridized carbons (Fsp3) is 0.500. The second-order valence-electron chi connectivity index (χ2n) is 3.36. The molecule has 1 fully saturated rings. The zero-order valence-corrected chi connectivity index (χ0v) is 7.82. The summed E-state index contributed by atoms with van der Waals surface area (Å²) in [5.41, 5.74) is 0. The summed E-state index contributed by atoms with van der Waals surface area (Å²) in [7, 11) is 0. The van der Waals surface area contributed by atoms with Crippen LogP contribution in [0.3, 0.4) is 0 Å². The highest BCUT2D eigenvalue weighted by Crippen LogP contribution is 2.17. The van der Waals surface area contributed by atoms with E-state index in [1.54, 1.807) is 0 Å². The molecule has 13 heavy (non-hydrogen) atoms. The normalized spacial score (nSPS) is 16.5. The minimum Gasteiger partial charge on any atom is -0.342 e. The molecule has 0 saturated carbocycles. The molecule has 70 valence electrons. The summed E-state index contributed by atoms with van der Waals surface area (Å²) in [5, 5.41) is 0. The maximum Gasteiger partial charge on any atom is 0.205 e. The molecule has 2 heterocycles. The average Bonchev–Trinajstić information content (AvgIpc) is 2.71. The van der Waals surface area contributed by atoms with Crippen molar-refractivity contribution in [2.45, 2.75) is 19.4 Å². The predicted octanol–water partition coefficient (Wildman–Crippen LogP) is 1.67. The van der Waals surface area contributed by atoms with E-state index in [0.717, 1.165) is 25.6 Å². The summed E-state index contributed by atoms with van der Waals surface area (Å²) >= 11 is 0. The number of rotatable bonds is 3. The molecule has 0 aliphatic carbocycles. The van der Waals surface area contributed by atoms with Crippen LogP contribution in [0.1, 0.15) is 12.8 Å². The van der Waals surface area contributed by atoms with Crippen LogP contribution in [0, 0.1) is 0 Å². The Bertz CT molecular complexity index is 284. The van der Waals surface area contributed by atoms with Crippen LogP contribution in [0.5, 0.6) is 0 Å². The average molecular weight is 177 g/mol. The van der Waals surface area contributed by atoms with Crippen LogP contribution in [-0.2, 0) is 6.54 Å². The van der Waals surface area contributed by atoms with Crippen molar-refractivity contribution in [3.05, 3.63) is 25.0 Å². The van der Waals surface area contributed by atoms with E-state index < -0.39 is 0 Å². The summed E-state index contributed by atoms with van der Waals surface area (Å²) in [6, 6.07) is 0. The Balaban J connectivity index is 2.17. The SMILES string of the molecule is C=CCn1ccnc1N1CCCC1. The molecular formula is C10H15N3. The highest BCUT2D eigenvalue weighted by Gasteiger charge is 2.15. The molecule has 1 aromatic rings. The summed E-state index contributed by atoms with van der Waals surface area (Å²) in [6.07, 6.45) is 8.36. The van der Waals surface area contributed by atoms with E-state index in [4.69, 9.17) is 0 Å². The standard InChI is InChI=1S/C10H15N3/c1-2-6-12-9-5-11-10(12)13-7-3-4-8-13/h2,5,9H,1,3-4,6-8H2. The van der Waals surface area contributed by atoms with Gasteiger partial charge in [-0.1, -0.05) is 6.08 Å². The van der Waals surface area contributed by atoms with Gasteiger partial charge in [0.15, 0.2) is 0 Å². The first-order valence-corrected chi connectivity index (χ1v) is 4.79. The van der Waals surface area contributed by atoms with Gasteiger partial charge in [-0.15, -0.1) is 6.58 Å². The third-order valence-electron chi connectivity index (χ3n) is 2.41. The third kappa shape index (κ3) is 1.59. The lowest BCUT2D eigenvalue weighted by Gasteiger charge is -2.17. The van der Waals surface area contributed by atoms with Crippen molar-refractivity contribution < 1.29 is 0 Å². The largest absolute Gasteiger partial charge is 0.342 e. The Hall–Kier alpha value is -1.25. The molecule has 0 unspecified atom stereocenters. The number of nitrogens with zero attached hydrogens (tertiary/aromatic N) is 3. The Kier molecular flexibility index (Phi) is 2.34. The summed E-state index contributed by atoms with van der Waals surface area (Å²) in [6.45, 7) is 6.88. The molecule has 3 nitrogen and oxygen atoms in total. The molecule has 0 atom stereocenters. The van der Waals surface area contributed by atoms with Crippen molar-refractivity contribution in [1.29, 1.82) is 0 Å². The van der Waals surface area contributed by atoms with Crippen molar-refractivity contribution in [1.82, 2.24) is 9.55 Å². The zero-order valence-electron chi connectivity index (χ0n) is 7.82. The van der Waals surface area contributed by atoms with Crippen LogP contribution < -0.4 is 4.90 Å². The van der Waals surface area contributed by atoms with Gasteiger partial charge >= 0.3 is 0 Å². The molecule has 0 bridgehead atoms. The van der Waals surface area contributed by atoms with E-state index in [-0.39, 0.29) is 0 Å². The van der Waals surface area contributed by atoms with Crippen LogP contribution in [-0.4, -0.2) is 22.6 Å². The van der Waals surface area contributed by atoms with Gasteiger partial charge < -0.3 is 9.47 Å². The number of hydrogen-bond acceptors (Lipinski definition) is 2. The lowest BCUT2D eigenvalue weighted by atomic mass is 10.4. The quantitative estimate of drug-likeness (QED) is 0.655. The summed E-state index contributed by atoms with van der Waals surface area (Å²) in [5.74, 6) is 1.09. The molecule has 1 saturated heterocycles. The molecular weight excluding hydrogens is 162 g/mol. The molecule has 0 radical (unpaired) electrons. The minimum atomic E-state index is 0.853. The van der Waals surface area contributed by atoms with Gasteiger partial charge in [0.25, 0.3) is 0 Å². The van der Waals surface area contributed by atoms with Gasteiger partial charge in [-0.05, 0) is 12.8 Å². The van der Waals surface area contributed by atoms with Crippen LogP contribution in [0.25, 0.3) is 0 Å². The molecule has 0 amide bonds. The van der Waals surface area contributed by atoms with Crippen molar-refractivity contribution in [3.8, 4) is 0 Å². The zero-order chi connectivity index (χ0) is 9.10. The third-order valence-corrected chi connectivity index (χ3v) is 2.41. The van der Waals surface area contributed by atoms with Gasteiger partial charge in [-0.3, -0.25) is 0 Å². The van der Waals surface area contributed by atoms with Crippen LogP contribution >= 0.6 is 0 Å². The predicted molar refractivity (Wildman–Crippen MR) is 53.9 cm³/mol. The van der Waals surface area contributed by atoms with Crippen LogP contribution in [0.15, 0.2) is 25.0 Å². The molecule has 3 heteroatoms. The fourth-order valence-electron chi connectivity index (χ4n) is 1.78. The van der Waals surface area contributed by atoms with E-state index in [1.165, 1.54) is 12.8 Å². The smallest absolute Gasteiger partial charge is 0.205 e. The second-order valence-corrected chi connectivity index (χ2v) is 3.36. The van der Waals surface area contributed by atoms with E-state index in [2.05, 4.69) is 21.0 Å². The van der Waals surface area contributed by atoms with E-state index in [1.807, 2.05) is 18.5 Å². The number of imidazole rings is 1. The number of hydrogen-bond donors (Lipinski definition) is 0. The molecule has 2 rings (SSSR count). The maximum atomic E-state index is 4.36. The molecule has 1 aliphatic heterocycles. The second kappa shape index (κ2) is 3.64. The van der Waals surface area contributed by atoms with E-state index in [0.29, 0.717) is 0 Å². The summed E-state index contributed by atoms with van der Waals surface area (Å²) < 4.78 is 2.14. The van der Waals surface area contributed by atoms with Gasteiger partial charge in [0.05, 0.1) is 0 Å². The maximum absolute atomic E-state index is 4.36. The van der Waals surface area contributed by atoms with E-state index in [9.17, 15) is 0 Å². The molecule has 0 spiro atoms. The Labute approximate surface area is 78.7 Å². The topological polar surface area (TPSA) is 21.1 Å². The first kappa shape index (κ1) is 8.35. The summed E-state index contributed by atoms with van der Waals surface area (Å²) in [4.78, 5) is 6.69. The van der Waals surface area contributed by atoms with Gasteiger partial charge in [0.1, 0.15) is 0 Å². The van der Waals surface area contributed by atoms with Crippen molar-refractivity contribution >= 4 is 5.95 Å². The fourth-order valence-corrected chi connectivity index (χ4v) is 1.78. The van der Waals surface area contributed by atoms with E-state index >= 15 is 0 Å². The van der Waals surface area contributed by atoms with Crippen molar-refractivity contribution in [3.63, 3.8) is 0 Å². The van der Waals surface area contributed by atoms with Crippen LogP contribution in [0.2, 0.25) is 0 Å². The Morgan fingerprint density at radius 3 is 2.92 bits per heavy atom. The lowest BCUT2D eigenvalue weighted by molar-refractivity contribution is 0.772. The molecule has 1 aromatic heterocycles. The number of allylic oxidation sites excluding steroid dienone is 1. The highest BCUT2D eigenvalue weighted by molar-refractivity contribution is 5.32. The number of anilines is 1. The van der Waals surface area contributed by atoms with Gasteiger partial charge in [0, 0.05) is 32.0 Å². The molecule has 0 N–H and O–H groups in total. The Morgan fingerprint density at radius 1 is 1.46 bits per heavy atom. The highest BCUT2D eigenvalue weighted by atomic mass is 15.3. The molecule has 0 aromatic carbocycles. The van der Waals surface area contributed by atoms with Gasteiger partial charge in [-0.2, -0.15) is 0 Å². The lowest BCUT2D eigenvalue weighted by Crippen LogP contribution is -2.21. The Morgan fingerprint density at radius 2 is 2.23 bits per heavy atom. The first-order valence-electron chi connectivity index (χ1n) is 4.79. The van der Waals surface area contributed by atoms with Crippen molar-refractivity contribution in [2.24, 2.45) is 0 Å².